The lowest BCUT2D eigenvalue weighted by molar-refractivity contribution is 0.266. The third-order valence-corrected chi connectivity index (χ3v) is 4.31. The molecular weight excluding hydrogens is 244 g/mol. The first kappa shape index (κ1) is 19.9. The van der Waals surface area contributed by atoms with Gasteiger partial charge in [0.15, 0.2) is 0 Å². The molecule has 0 bridgehead atoms. The van der Waals surface area contributed by atoms with Crippen LogP contribution in [0.4, 0.5) is 0 Å². The van der Waals surface area contributed by atoms with E-state index in [2.05, 4.69) is 45.0 Å². The first-order valence-corrected chi connectivity index (χ1v) is 9.05. The average Bonchev–Trinajstić information content (AvgIpc) is 2.42. The minimum Gasteiger partial charge on any atom is -0.314 e. The van der Waals surface area contributed by atoms with Crippen molar-refractivity contribution in [2.75, 3.05) is 20.1 Å². The summed E-state index contributed by atoms with van der Waals surface area (Å²) in [5.74, 6) is 0. The summed E-state index contributed by atoms with van der Waals surface area (Å²) in [5.41, 5.74) is 0. The average molecular weight is 285 g/mol. The molecule has 0 saturated carbocycles. The second kappa shape index (κ2) is 13.9. The molecule has 0 unspecified atom stereocenters. The number of hydrogen-bond acceptors (Lipinski definition) is 2. The fourth-order valence-electron chi connectivity index (χ4n) is 2.52. The van der Waals surface area contributed by atoms with Gasteiger partial charge in [0, 0.05) is 12.1 Å². The van der Waals surface area contributed by atoms with Gasteiger partial charge in [-0.25, -0.2) is 0 Å². The van der Waals surface area contributed by atoms with Crippen LogP contribution >= 0.6 is 0 Å². The fourth-order valence-corrected chi connectivity index (χ4v) is 2.52. The second-order valence-electron chi connectivity index (χ2n) is 6.57. The molecule has 0 aromatic carbocycles. The van der Waals surface area contributed by atoms with Gasteiger partial charge in [-0.15, -0.1) is 0 Å². The Labute approximate surface area is 128 Å². The van der Waals surface area contributed by atoms with E-state index in [0.29, 0.717) is 6.04 Å². The van der Waals surface area contributed by atoms with E-state index in [1.54, 1.807) is 0 Å². The van der Waals surface area contributed by atoms with Crippen LogP contribution in [-0.4, -0.2) is 37.1 Å². The molecule has 0 radical (unpaired) electrons. The third kappa shape index (κ3) is 11.7. The summed E-state index contributed by atoms with van der Waals surface area (Å²) < 4.78 is 0. The molecule has 0 amide bonds. The molecule has 0 spiro atoms. The van der Waals surface area contributed by atoms with Crippen molar-refractivity contribution in [2.24, 2.45) is 0 Å². The Morgan fingerprint density at radius 2 is 1.40 bits per heavy atom. The largest absolute Gasteiger partial charge is 0.314 e. The molecule has 0 rings (SSSR count). The van der Waals surface area contributed by atoms with Crippen LogP contribution in [0, 0.1) is 0 Å². The monoisotopic (exact) mass is 284 g/mol. The van der Waals surface area contributed by atoms with Crippen molar-refractivity contribution in [1.29, 1.82) is 0 Å². The van der Waals surface area contributed by atoms with Crippen molar-refractivity contribution in [2.45, 2.75) is 97.6 Å². The predicted octanol–water partition coefficient (Wildman–Crippen LogP) is 4.84. The van der Waals surface area contributed by atoms with Gasteiger partial charge >= 0.3 is 0 Å². The standard InChI is InChI=1S/C18H40N2/c1-6-8-10-13-18(14-11-9-7-2)19-15-12-16-20(5)17(3)4/h17-19H,6-16H2,1-5H3. The Hall–Kier alpha value is -0.0800. The van der Waals surface area contributed by atoms with Gasteiger partial charge in [-0.2, -0.15) is 0 Å². The second-order valence-corrected chi connectivity index (χ2v) is 6.57. The maximum Gasteiger partial charge on any atom is 0.00670 e. The Morgan fingerprint density at radius 3 is 1.85 bits per heavy atom. The fraction of sp³-hybridized carbons (Fsp3) is 1.00. The zero-order valence-corrected chi connectivity index (χ0v) is 14.9. The molecule has 0 fully saturated rings. The van der Waals surface area contributed by atoms with E-state index in [-0.39, 0.29) is 0 Å². The van der Waals surface area contributed by atoms with E-state index in [1.807, 2.05) is 0 Å². The maximum absolute atomic E-state index is 3.81. The quantitative estimate of drug-likeness (QED) is 0.459. The van der Waals surface area contributed by atoms with Crippen molar-refractivity contribution >= 4 is 0 Å². The molecule has 0 aromatic rings. The minimum atomic E-state index is 0.667. The Balaban J connectivity index is 3.77. The third-order valence-electron chi connectivity index (χ3n) is 4.31. The molecule has 122 valence electrons. The van der Waals surface area contributed by atoms with Crippen LogP contribution in [0.25, 0.3) is 0 Å². The predicted molar refractivity (Wildman–Crippen MR) is 92.5 cm³/mol. The van der Waals surface area contributed by atoms with Crippen LogP contribution < -0.4 is 5.32 Å². The molecule has 1 N–H and O–H groups in total. The van der Waals surface area contributed by atoms with E-state index in [0.717, 1.165) is 6.04 Å². The summed E-state index contributed by atoms with van der Waals surface area (Å²) in [6, 6.07) is 1.43. The van der Waals surface area contributed by atoms with Gasteiger partial charge in [-0.1, -0.05) is 52.4 Å². The zero-order chi connectivity index (χ0) is 15.2. The first-order valence-electron chi connectivity index (χ1n) is 9.05. The summed E-state index contributed by atoms with van der Waals surface area (Å²) in [5, 5.41) is 3.81. The van der Waals surface area contributed by atoms with E-state index in [1.165, 1.54) is 70.9 Å². The van der Waals surface area contributed by atoms with E-state index < -0.39 is 0 Å². The van der Waals surface area contributed by atoms with Crippen molar-refractivity contribution in [1.82, 2.24) is 10.2 Å². The highest BCUT2D eigenvalue weighted by molar-refractivity contribution is 4.68. The summed E-state index contributed by atoms with van der Waals surface area (Å²) in [6.45, 7) is 11.5. The molecule has 20 heavy (non-hydrogen) atoms. The lowest BCUT2D eigenvalue weighted by atomic mass is 10.0. The number of rotatable bonds is 14. The normalized spacial score (nSPS) is 12.0. The van der Waals surface area contributed by atoms with E-state index in [4.69, 9.17) is 0 Å². The highest BCUT2D eigenvalue weighted by Gasteiger charge is 2.08. The molecule has 0 aliphatic carbocycles. The number of unbranched alkanes of at least 4 members (excludes halogenated alkanes) is 4. The van der Waals surface area contributed by atoms with Gasteiger partial charge < -0.3 is 10.2 Å². The SMILES string of the molecule is CCCCCC(CCCCC)NCCCN(C)C(C)C. The highest BCUT2D eigenvalue weighted by atomic mass is 15.1. The Morgan fingerprint density at radius 1 is 0.850 bits per heavy atom. The van der Waals surface area contributed by atoms with Gasteiger partial charge in [-0.3, -0.25) is 0 Å². The summed E-state index contributed by atoms with van der Waals surface area (Å²) in [6.07, 6.45) is 12.3. The van der Waals surface area contributed by atoms with Gasteiger partial charge in [0.2, 0.25) is 0 Å². The van der Waals surface area contributed by atoms with E-state index in [9.17, 15) is 0 Å². The minimum absolute atomic E-state index is 0.667. The molecule has 0 aromatic heterocycles. The maximum atomic E-state index is 3.81. The molecular formula is C18H40N2. The first-order chi connectivity index (χ1) is 9.61. The number of nitrogens with one attached hydrogen (secondary N) is 1. The molecule has 0 saturated heterocycles. The highest BCUT2D eigenvalue weighted by Crippen LogP contribution is 2.11. The van der Waals surface area contributed by atoms with Crippen LogP contribution in [0.1, 0.15) is 85.5 Å². The van der Waals surface area contributed by atoms with Crippen LogP contribution in [0.15, 0.2) is 0 Å². The van der Waals surface area contributed by atoms with Crippen LogP contribution in [0.2, 0.25) is 0 Å². The van der Waals surface area contributed by atoms with Crippen LogP contribution in [0.5, 0.6) is 0 Å². The molecule has 0 atom stereocenters. The van der Waals surface area contributed by atoms with E-state index >= 15 is 0 Å². The number of nitrogens with zero attached hydrogens (tertiary/aromatic N) is 1. The smallest absolute Gasteiger partial charge is 0.00670 e. The molecule has 0 heterocycles. The van der Waals surface area contributed by atoms with Crippen molar-refractivity contribution in [3.63, 3.8) is 0 Å². The lowest BCUT2D eigenvalue weighted by Gasteiger charge is -2.22. The van der Waals surface area contributed by atoms with Gasteiger partial charge in [-0.05, 0) is 53.2 Å². The van der Waals surface area contributed by atoms with Crippen LogP contribution in [0.3, 0.4) is 0 Å². The topological polar surface area (TPSA) is 15.3 Å². The van der Waals surface area contributed by atoms with Crippen LogP contribution in [-0.2, 0) is 0 Å². The molecule has 2 heteroatoms. The van der Waals surface area contributed by atoms with Crippen molar-refractivity contribution < 1.29 is 0 Å². The lowest BCUT2D eigenvalue weighted by Crippen LogP contribution is -2.33. The zero-order valence-electron chi connectivity index (χ0n) is 14.9. The summed E-state index contributed by atoms with van der Waals surface area (Å²) in [4.78, 5) is 2.44. The van der Waals surface area contributed by atoms with Gasteiger partial charge in [0.1, 0.15) is 0 Å². The number of hydrogen-bond donors (Lipinski definition) is 1. The molecule has 0 aliphatic heterocycles. The summed E-state index contributed by atoms with van der Waals surface area (Å²) >= 11 is 0. The van der Waals surface area contributed by atoms with Crippen molar-refractivity contribution in [3.8, 4) is 0 Å². The van der Waals surface area contributed by atoms with Gasteiger partial charge in [0.05, 0.1) is 0 Å². The van der Waals surface area contributed by atoms with Crippen molar-refractivity contribution in [3.05, 3.63) is 0 Å². The Bertz CT molecular complexity index is 182. The Kier molecular flexibility index (Phi) is 13.8. The van der Waals surface area contributed by atoms with Gasteiger partial charge in [0.25, 0.3) is 0 Å². The molecule has 2 nitrogen and oxygen atoms in total. The molecule has 0 aliphatic rings. The summed E-state index contributed by atoms with van der Waals surface area (Å²) in [7, 11) is 2.23.